The van der Waals surface area contributed by atoms with Gasteiger partial charge in [0.05, 0.1) is 30.0 Å². The molecule has 4 rings (SSSR count). The topological polar surface area (TPSA) is 73.2 Å². The van der Waals surface area contributed by atoms with Crippen molar-refractivity contribution in [3.8, 4) is 11.1 Å². The number of rotatable bonds is 8. The third kappa shape index (κ3) is 4.74. The molecule has 1 N–H and O–H groups in total. The van der Waals surface area contributed by atoms with E-state index in [1.807, 2.05) is 35.7 Å². The Hall–Kier alpha value is -3.01. The number of thiophene rings is 1. The van der Waals surface area contributed by atoms with Gasteiger partial charge in [0.1, 0.15) is 10.6 Å². The van der Waals surface area contributed by atoms with E-state index in [9.17, 15) is 14.0 Å². The highest BCUT2D eigenvalue weighted by Gasteiger charge is 2.18. The van der Waals surface area contributed by atoms with Crippen LogP contribution in [0.15, 0.2) is 69.9 Å². The van der Waals surface area contributed by atoms with Gasteiger partial charge >= 0.3 is 0 Å². The van der Waals surface area contributed by atoms with E-state index in [1.54, 1.807) is 19.2 Å². The lowest BCUT2D eigenvalue weighted by Gasteiger charge is -2.12. The van der Waals surface area contributed by atoms with Gasteiger partial charge in [0, 0.05) is 18.1 Å². The highest BCUT2D eigenvalue weighted by Crippen LogP contribution is 2.32. The van der Waals surface area contributed by atoms with E-state index in [0.29, 0.717) is 28.5 Å². The van der Waals surface area contributed by atoms with Gasteiger partial charge in [0.2, 0.25) is 5.91 Å². The maximum Gasteiger partial charge on any atom is 0.263 e. The molecule has 164 valence electrons. The number of ether oxygens (including phenoxy) is 1. The number of para-hydroxylation sites is 1. The van der Waals surface area contributed by atoms with E-state index in [1.165, 1.54) is 28.0 Å². The number of hydrogen-bond donors (Lipinski definition) is 1. The summed E-state index contributed by atoms with van der Waals surface area (Å²) in [6, 6.07) is 15.7. The third-order valence-electron chi connectivity index (χ3n) is 4.74. The van der Waals surface area contributed by atoms with Crippen LogP contribution >= 0.6 is 23.1 Å². The Labute approximate surface area is 192 Å². The van der Waals surface area contributed by atoms with Crippen molar-refractivity contribution in [1.82, 2.24) is 9.55 Å². The molecule has 0 aliphatic heterocycles. The molecule has 0 aliphatic carbocycles. The quantitative estimate of drug-likeness (QED) is 0.301. The number of methoxy groups -OCH3 is 1. The van der Waals surface area contributed by atoms with Crippen LogP contribution in [0.25, 0.3) is 21.3 Å². The van der Waals surface area contributed by atoms with Crippen molar-refractivity contribution in [3.63, 3.8) is 0 Å². The lowest BCUT2D eigenvalue weighted by Crippen LogP contribution is -2.26. The number of nitrogens with one attached hydrogen (secondary N) is 1. The summed E-state index contributed by atoms with van der Waals surface area (Å²) in [5.41, 5.74) is 1.72. The predicted octanol–water partition coefficient (Wildman–Crippen LogP) is 4.64. The molecule has 0 unspecified atom stereocenters. The van der Waals surface area contributed by atoms with Gasteiger partial charge in [-0.3, -0.25) is 14.2 Å². The second-order valence-corrected chi connectivity index (χ2v) is 8.66. The lowest BCUT2D eigenvalue weighted by molar-refractivity contribution is -0.113. The van der Waals surface area contributed by atoms with Crippen LogP contribution in [0.2, 0.25) is 0 Å². The van der Waals surface area contributed by atoms with Crippen molar-refractivity contribution in [2.45, 2.75) is 11.7 Å². The minimum atomic E-state index is -0.505. The van der Waals surface area contributed by atoms with Crippen molar-refractivity contribution in [2.75, 3.05) is 24.8 Å². The Morgan fingerprint density at radius 2 is 1.94 bits per heavy atom. The van der Waals surface area contributed by atoms with Gasteiger partial charge in [-0.15, -0.1) is 11.3 Å². The molecule has 2 aromatic carbocycles. The summed E-state index contributed by atoms with van der Waals surface area (Å²) in [5, 5.41) is 5.45. The largest absolute Gasteiger partial charge is 0.383 e. The maximum atomic E-state index is 13.8. The molecule has 1 amide bonds. The maximum absolute atomic E-state index is 13.8. The van der Waals surface area contributed by atoms with Gasteiger partial charge in [-0.25, -0.2) is 9.37 Å². The average Bonchev–Trinajstić information content (AvgIpc) is 3.23. The summed E-state index contributed by atoms with van der Waals surface area (Å²) in [4.78, 5) is 31.0. The molecule has 0 aliphatic rings. The Morgan fingerprint density at radius 1 is 1.19 bits per heavy atom. The fourth-order valence-corrected chi connectivity index (χ4v) is 5.02. The first-order valence-electron chi connectivity index (χ1n) is 9.82. The molecular formula is C23H20FN3O3S2. The second kappa shape index (κ2) is 10.1. The standard InChI is InChI=1S/C23H20FN3O3S2/c1-30-12-11-27-22(29)20-16(15-7-3-2-4-8-15)13-31-21(20)26-23(27)32-14-19(28)25-18-10-6-5-9-17(18)24/h2-10,13H,11-12,14H2,1H3,(H,25,28). The Kier molecular flexibility index (Phi) is 6.99. The summed E-state index contributed by atoms with van der Waals surface area (Å²) < 4.78 is 20.5. The van der Waals surface area contributed by atoms with Crippen molar-refractivity contribution < 1.29 is 13.9 Å². The number of amides is 1. The van der Waals surface area contributed by atoms with Gasteiger partial charge < -0.3 is 10.1 Å². The van der Waals surface area contributed by atoms with Crippen LogP contribution < -0.4 is 10.9 Å². The molecule has 2 aromatic heterocycles. The number of aromatic nitrogens is 2. The van der Waals surface area contributed by atoms with Gasteiger partial charge in [0.15, 0.2) is 5.16 Å². The number of halogens is 1. The Balaban J connectivity index is 1.64. The fraction of sp³-hybridized carbons (Fsp3) is 0.174. The monoisotopic (exact) mass is 469 g/mol. The first-order chi connectivity index (χ1) is 15.6. The predicted molar refractivity (Wildman–Crippen MR) is 127 cm³/mol. The average molecular weight is 470 g/mol. The van der Waals surface area contributed by atoms with Crippen molar-refractivity contribution in [3.05, 3.63) is 76.1 Å². The van der Waals surface area contributed by atoms with E-state index in [-0.39, 0.29) is 22.9 Å². The summed E-state index contributed by atoms with van der Waals surface area (Å²) in [6.07, 6.45) is 0. The van der Waals surface area contributed by atoms with Crippen LogP contribution in [0.5, 0.6) is 0 Å². The zero-order valence-corrected chi connectivity index (χ0v) is 18.8. The lowest BCUT2D eigenvalue weighted by atomic mass is 10.1. The molecule has 0 saturated carbocycles. The van der Waals surface area contributed by atoms with E-state index in [4.69, 9.17) is 4.74 Å². The smallest absolute Gasteiger partial charge is 0.263 e. The van der Waals surface area contributed by atoms with E-state index in [0.717, 1.165) is 22.9 Å². The Morgan fingerprint density at radius 3 is 2.69 bits per heavy atom. The van der Waals surface area contributed by atoms with E-state index >= 15 is 0 Å². The molecule has 2 heterocycles. The zero-order valence-electron chi connectivity index (χ0n) is 17.2. The molecule has 9 heteroatoms. The number of anilines is 1. The van der Waals surface area contributed by atoms with Crippen LogP contribution in [0, 0.1) is 5.82 Å². The van der Waals surface area contributed by atoms with Gasteiger partial charge in [-0.05, 0) is 17.7 Å². The zero-order chi connectivity index (χ0) is 22.5. The minimum absolute atomic E-state index is 0.0177. The molecular weight excluding hydrogens is 449 g/mol. The summed E-state index contributed by atoms with van der Waals surface area (Å²) in [7, 11) is 1.56. The summed E-state index contributed by atoms with van der Waals surface area (Å²) >= 11 is 2.52. The first-order valence-corrected chi connectivity index (χ1v) is 11.7. The molecule has 4 aromatic rings. The number of carbonyl (C=O) groups excluding carboxylic acids is 1. The minimum Gasteiger partial charge on any atom is -0.383 e. The van der Waals surface area contributed by atoms with Crippen LogP contribution in [-0.2, 0) is 16.1 Å². The normalized spacial score (nSPS) is 11.1. The fourth-order valence-electron chi connectivity index (χ4n) is 3.20. The van der Waals surface area contributed by atoms with Crippen molar-refractivity contribution >= 4 is 44.9 Å². The van der Waals surface area contributed by atoms with Crippen LogP contribution in [0.3, 0.4) is 0 Å². The third-order valence-corrected chi connectivity index (χ3v) is 6.59. The molecule has 6 nitrogen and oxygen atoms in total. The van der Waals surface area contributed by atoms with Crippen LogP contribution in [0.4, 0.5) is 10.1 Å². The SMILES string of the molecule is COCCn1c(SCC(=O)Nc2ccccc2F)nc2scc(-c3ccccc3)c2c1=O. The van der Waals surface area contributed by atoms with Crippen LogP contribution in [0.1, 0.15) is 0 Å². The molecule has 0 atom stereocenters. The number of carbonyl (C=O) groups is 1. The highest BCUT2D eigenvalue weighted by molar-refractivity contribution is 7.99. The second-order valence-electron chi connectivity index (χ2n) is 6.86. The van der Waals surface area contributed by atoms with Gasteiger partial charge in [0.25, 0.3) is 5.56 Å². The van der Waals surface area contributed by atoms with E-state index in [2.05, 4.69) is 10.3 Å². The Bertz CT molecular complexity index is 1310. The molecule has 0 radical (unpaired) electrons. The molecule has 0 saturated heterocycles. The number of nitrogens with zero attached hydrogens (tertiary/aromatic N) is 2. The van der Waals surface area contributed by atoms with Crippen molar-refractivity contribution in [1.29, 1.82) is 0 Å². The number of thioether (sulfide) groups is 1. The number of hydrogen-bond acceptors (Lipinski definition) is 6. The first kappa shape index (κ1) is 22.2. The van der Waals surface area contributed by atoms with E-state index < -0.39 is 5.82 Å². The van der Waals surface area contributed by atoms with Gasteiger partial charge in [-0.2, -0.15) is 0 Å². The summed E-state index contributed by atoms with van der Waals surface area (Å²) in [5.74, 6) is -0.908. The molecule has 32 heavy (non-hydrogen) atoms. The number of benzene rings is 2. The molecule has 0 bridgehead atoms. The van der Waals surface area contributed by atoms with Crippen molar-refractivity contribution in [2.24, 2.45) is 0 Å². The highest BCUT2D eigenvalue weighted by atomic mass is 32.2. The molecule has 0 spiro atoms. The van der Waals surface area contributed by atoms with Crippen LogP contribution in [-0.4, -0.2) is 34.9 Å². The molecule has 0 fully saturated rings. The number of fused-ring (bicyclic) bond motifs is 1. The summed E-state index contributed by atoms with van der Waals surface area (Å²) in [6.45, 7) is 0.631. The van der Waals surface area contributed by atoms with Gasteiger partial charge in [-0.1, -0.05) is 54.2 Å².